The van der Waals surface area contributed by atoms with Crippen molar-refractivity contribution in [2.24, 2.45) is 0 Å². The molecule has 138 valence electrons. The van der Waals surface area contributed by atoms with Crippen molar-refractivity contribution in [1.82, 2.24) is 9.88 Å². The summed E-state index contributed by atoms with van der Waals surface area (Å²) >= 11 is 0. The van der Waals surface area contributed by atoms with Crippen molar-refractivity contribution in [3.05, 3.63) is 53.7 Å². The van der Waals surface area contributed by atoms with Gasteiger partial charge in [-0.05, 0) is 41.8 Å². The molecule has 0 saturated heterocycles. The lowest BCUT2D eigenvalue weighted by Gasteiger charge is -2.27. The highest BCUT2D eigenvalue weighted by molar-refractivity contribution is 5.90. The maximum Gasteiger partial charge on any atom is 0.317 e. The van der Waals surface area contributed by atoms with E-state index in [9.17, 15) is 9.59 Å². The number of carbonyl (C=O) groups excluding carboxylic acids is 1. The number of carboxylic acid groups (broad SMARTS) is 1. The number of aromatic nitrogens is 1. The molecule has 1 aromatic carbocycles. The second kappa shape index (κ2) is 9.53. The third-order valence-electron chi connectivity index (χ3n) is 3.95. The predicted molar refractivity (Wildman–Crippen MR) is 101 cm³/mol. The van der Waals surface area contributed by atoms with Crippen LogP contribution in [0, 0.1) is 0 Å². The largest absolute Gasteiger partial charge is 0.480 e. The molecule has 1 aliphatic heterocycles. The molecule has 1 amide bonds. The topological polar surface area (TPSA) is 109 Å². The van der Waals surface area contributed by atoms with Gasteiger partial charge in [-0.25, -0.2) is 4.98 Å². The molecule has 1 aromatic heterocycles. The summed E-state index contributed by atoms with van der Waals surface area (Å²) in [6.07, 6.45) is 2.94. The van der Waals surface area contributed by atoms with E-state index < -0.39 is 5.97 Å². The number of rotatable bonds is 4. The fraction of sp³-hybridized carbons (Fsp3) is 0.316. The Morgan fingerprint density at radius 3 is 2.65 bits per heavy atom. The Labute approximate surface area is 152 Å². The molecule has 0 bridgehead atoms. The Morgan fingerprint density at radius 2 is 2.08 bits per heavy atom. The Balaban J connectivity index is 0.000000290. The van der Waals surface area contributed by atoms with Gasteiger partial charge in [-0.3, -0.25) is 14.5 Å². The molecule has 0 aliphatic carbocycles. The number of anilines is 2. The first kappa shape index (κ1) is 19.4. The second-order valence-corrected chi connectivity index (χ2v) is 5.99. The van der Waals surface area contributed by atoms with E-state index >= 15 is 0 Å². The van der Waals surface area contributed by atoms with Crippen LogP contribution in [0.3, 0.4) is 0 Å². The summed E-state index contributed by atoms with van der Waals surface area (Å²) in [7, 11) is 0. The molecule has 4 N–H and O–H groups in total. The lowest BCUT2D eigenvalue weighted by atomic mass is 9.99. The molecular formula is C19H24N4O3. The summed E-state index contributed by atoms with van der Waals surface area (Å²) in [6, 6.07) is 11.3. The minimum Gasteiger partial charge on any atom is -0.480 e. The summed E-state index contributed by atoms with van der Waals surface area (Å²) in [5, 5.41) is 11.6. The maximum absolute atomic E-state index is 11.3. The number of amides is 1. The summed E-state index contributed by atoms with van der Waals surface area (Å²) in [5.41, 5.74) is 8.39. The number of hydrogen-bond donors (Lipinski definition) is 3. The number of hydrogen-bond acceptors (Lipinski definition) is 5. The van der Waals surface area contributed by atoms with Crippen molar-refractivity contribution in [1.29, 1.82) is 0 Å². The summed E-state index contributed by atoms with van der Waals surface area (Å²) < 4.78 is 0. The standard InChI is InChI=1S/C14H18N2O3.C5H6N2/c1-2-13(17)15-12-4-3-11-8-16(9-14(18)19)6-5-10(11)7-12;6-5-3-1-2-4-7-5/h3-4,7H,2,5-6,8-9H2,1H3,(H,15,17)(H,18,19);1-4H,(H2,6,7). The van der Waals surface area contributed by atoms with Crippen molar-refractivity contribution < 1.29 is 14.7 Å². The highest BCUT2D eigenvalue weighted by atomic mass is 16.4. The zero-order valence-corrected chi connectivity index (χ0v) is 14.8. The van der Waals surface area contributed by atoms with E-state index in [1.54, 1.807) is 12.3 Å². The van der Waals surface area contributed by atoms with E-state index in [4.69, 9.17) is 10.8 Å². The fourth-order valence-electron chi connectivity index (χ4n) is 2.64. The van der Waals surface area contributed by atoms with Crippen LogP contribution in [0.5, 0.6) is 0 Å². The fourth-order valence-corrected chi connectivity index (χ4v) is 2.64. The number of aliphatic carboxylic acids is 1. The van der Waals surface area contributed by atoms with E-state index in [0.29, 0.717) is 18.8 Å². The van der Waals surface area contributed by atoms with Crippen LogP contribution < -0.4 is 11.1 Å². The highest BCUT2D eigenvalue weighted by Crippen LogP contribution is 2.22. The summed E-state index contributed by atoms with van der Waals surface area (Å²) in [6.45, 7) is 3.29. The van der Waals surface area contributed by atoms with Crippen molar-refractivity contribution in [2.75, 3.05) is 24.1 Å². The van der Waals surface area contributed by atoms with Gasteiger partial charge < -0.3 is 16.2 Å². The first-order chi connectivity index (χ1) is 12.5. The third kappa shape index (κ3) is 6.18. The summed E-state index contributed by atoms with van der Waals surface area (Å²) in [4.78, 5) is 27.7. The van der Waals surface area contributed by atoms with Gasteiger partial charge in [0.1, 0.15) is 5.82 Å². The van der Waals surface area contributed by atoms with Gasteiger partial charge in [-0.2, -0.15) is 0 Å². The number of nitrogen functional groups attached to an aromatic ring is 1. The zero-order valence-electron chi connectivity index (χ0n) is 14.8. The average molecular weight is 356 g/mol. The Bertz CT molecular complexity index is 750. The number of nitrogens with zero attached hydrogens (tertiary/aromatic N) is 2. The monoisotopic (exact) mass is 356 g/mol. The lowest BCUT2D eigenvalue weighted by molar-refractivity contribution is -0.138. The number of pyridine rings is 1. The number of carboxylic acids is 1. The average Bonchev–Trinajstić information content (AvgIpc) is 2.62. The smallest absolute Gasteiger partial charge is 0.317 e. The maximum atomic E-state index is 11.3. The van der Waals surface area contributed by atoms with Crippen molar-refractivity contribution in [3.63, 3.8) is 0 Å². The van der Waals surface area contributed by atoms with Gasteiger partial charge in [0.25, 0.3) is 0 Å². The van der Waals surface area contributed by atoms with Crippen LogP contribution in [0.15, 0.2) is 42.6 Å². The van der Waals surface area contributed by atoms with E-state index in [1.807, 2.05) is 42.2 Å². The molecule has 0 radical (unpaired) electrons. The van der Waals surface area contributed by atoms with Gasteiger partial charge in [0.15, 0.2) is 0 Å². The molecule has 0 atom stereocenters. The Kier molecular flexibility index (Phi) is 7.11. The second-order valence-electron chi connectivity index (χ2n) is 5.99. The van der Waals surface area contributed by atoms with Crippen molar-refractivity contribution in [2.45, 2.75) is 26.3 Å². The molecule has 7 heteroatoms. The zero-order chi connectivity index (χ0) is 18.9. The molecule has 1 aliphatic rings. The molecule has 26 heavy (non-hydrogen) atoms. The van der Waals surface area contributed by atoms with Gasteiger partial charge >= 0.3 is 5.97 Å². The molecule has 2 heterocycles. The van der Waals surface area contributed by atoms with Crippen LogP contribution in [-0.4, -0.2) is 40.0 Å². The van der Waals surface area contributed by atoms with Crippen LogP contribution >= 0.6 is 0 Å². The van der Waals surface area contributed by atoms with Gasteiger partial charge in [-0.15, -0.1) is 0 Å². The van der Waals surface area contributed by atoms with E-state index in [1.165, 1.54) is 5.56 Å². The van der Waals surface area contributed by atoms with Gasteiger partial charge in [0.05, 0.1) is 6.54 Å². The van der Waals surface area contributed by atoms with Gasteiger partial charge in [0, 0.05) is 31.4 Å². The Hall–Kier alpha value is -2.93. The highest BCUT2D eigenvalue weighted by Gasteiger charge is 2.18. The number of carbonyl (C=O) groups is 2. The molecule has 3 rings (SSSR count). The van der Waals surface area contributed by atoms with Crippen LogP contribution in [0.1, 0.15) is 24.5 Å². The number of nitrogens with one attached hydrogen (secondary N) is 1. The van der Waals surface area contributed by atoms with Crippen molar-refractivity contribution >= 4 is 23.4 Å². The molecule has 2 aromatic rings. The molecule has 7 nitrogen and oxygen atoms in total. The Morgan fingerprint density at radius 1 is 1.27 bits per heavy atom. The van der Waals surface area contributed by atoms with Gasteiger partial charge in [0.2, 0.25) is 5.91 Å². The third-order valence-corrected chi connectivity index (χ3v) is 3.95. The normalized spacial score (nSPS) is 13.1. The molecule has 0 saturated carbocycles. The number of benzene rings is 1. The molecule has 0 spiro atoms. The van der Waals surface area contributed by atoms with E-state index in [-0.39, 0.29) is 12.5 Å². The minimum absolute atomic E-state index is 0.00302. The van der Waals surface area contributed by atoms with E-state index in [0.717, 1.165) is 24.2 Å². The summed E-state index contributed by atoms with van der Waals surface area (Å²) in [5.74, 6) is -0.221. The van der Waals surface area contributed by atoms with Crippen LogP contribution in [-0.2, 0) is 22.6 Å². The first-order valence-electron chi connectivity index (χ1n) is 8.50. The lowest BCUT2D eigenvalue weighted by Crippen LogP contribution is -2.34. The van der Waals surface area contributed by atoms with Crippen LogP contribution in [0.2, 0.25) is 0 Å². The van der Waals surface area contributed by atoms with Crippen LogP contribution in [0.4, 0.5) is 11.5 Å². The number of fused-ring (bicyclic) bond motifs is 1. The van der Waals surface area contributed by atoms with Crippen LogP contribution in [0.25, 0.3) is 0 Å². The minimum atomic E-state index is -0.796. The van der Waals surface area contributed by atoms with Gasteiger partial charge in [-0.1, -0.05) is 19.1 Å². The predicted octanol–water partition coefficient (Wildman–Crippen LogP) is 2.14. The molecule has 0 fully saturated rings. The van der Waals surface area contributed by atoms with E-state index in [2.05, 4.69) is 10.3 Å². The quantitative estimate of drug-likeness (QED) is 0.774. The number of nitrogens with two attached hydrogens (primary N) is 1. The van der Waals surface area contributed by atoms with Crippen molar-refractivity contribution in [3.8, 4) is 0 Å². The SMILES string of the molecule is CCC(=O)Nc1ccc2c(c1)CCN(CC(=O)O)C2.Nc1ccccn1. The molecular weight excluding hydrogens is 332 g/mol. The molecule has 0 unspecified atom stereocenters. The first-order valence-corrected chi connectivity index (χ1v) is 8.50.